The molecule has 2 aromatic carbocycles. The van der Waals surface area contributed by atoms with E-state index in [1.165, 1.54) is 21.2 Å². The maximum atomic E-state index is 12.8. The molecule has 2 aliphatic carbocycles. The lowest BCUT2D eigenvalue weighted by Gasteiger charge is -2.18. The number of amides is 2. The number of nitrogens with one attached hydrogen (secondary N) is 2. The van der Waals surface area contributed by atoms with Crippen LogP contribution in [-0.2, 0) is 16.0 Å². The van der Waals surface area contributed by atoms with Gasteiger partial charge in [0, 0.05) is 26.7 Å². The Hall–Kier alpha value is -2.42. The zero-order chi connectivity index (χ0) is 21.4. The monoisotopic (exact) mass is 544 g/mol. The van der Waals surface area contributed by atoms with E-state index in [2.05, 4.69) is 70.2 Å². The van der Waals surface area contributed by atoms with Crippen molar-refractivity contribution in [1.82, 2.24) is 15.5 Å². The van der Waals surface area contributed by atoms with Crippen LogP contribution in [0, 0.1) is 23.7 Å². The first-order valence-electron chi connectivity index (χ1n) is 11.1. The number of likely N-dealkylation sites (tertiary alicyclic amines) is 1. The molecule has 0 aromatic heterocycles. The number of fused-ring (bicyclic) bond motifs is 6. The topological polar surface area (TPSA) is 73.8 Å². The zero-order valence-electron chi connectivity index (χ0n) is 18.2. The standard InChI is InChI=1S/C25H28N4O2.HI/c1-26-25(27-12-11-17-7-4-6-16-5-2-3-8-20(16)17)28-13-14-29-23(30)21-18-9-10-19(15-18)22(21)24(29)31;/h2-10,18-19,21-22H,11-15H2,1H3,(H2,26,27,28);1H. The Labute approximate surface area is 205 Å². The van der Waals surface area contributed by atoms with Crippen molar-refractivity contribution in [3.05, 3.63) is 60.2 Å². The van der Waals surface area contributed by atoms with E-state index in [1.54, 1.807) is 7.05 Å². The average Bonchev–Trinajstić information content (AvgIpc) is 3.48. The van der Waals surface area contributed by atoms with Crippen LogP contribution >= 0.6 is 24.0 Å². The lowest BCUT2D eigenvalue weighted by Crippen LogP contribution is -2.44. The molecule has 7 heteroatoms. The van der Waals surface area contributed by atoms with Crippen LogP contribution < -0.4 is 10.6 Å². The molecule has 3 aliphatic rings. The number of carbonyl (C=O) groups excluding carboxylic acids is 2. The van der Waals surface area contributed by atoms with Gasteiger partial charge in [-0.3, -0.25) is 19.5 Å². The van der Waals surface area contributed by atoms with Gasteiger partial charge in [-0.05, 0) is 41.0 Å². The molecule has 0 radical (unpaired) electrons. The third-order valence-corrected chi connectivity index (χ3v) is 6.98. The number of halogens is 1. The van der Waals surface area contributed by atoms with E-state index in [0.29, 0.717) is 19.0 Å². The third kappa shape index (κ3) is 4.02. The average molecular weight is 544 g/mol. The van der Waals surface area contributed by atoms with E-state index < -0.39 is 0 Å². The molecule has 168 valence electrons. The summed E-state index contributed by atoms with van der Waals surface area (Å²) in [6.45, 7) is 1.62. The number of nitrogens with zero attached hydrogens (tertiary/aromatic N) is 2. The predicted octanol–water partition coefficient (Wildman–Crippen LogP) is 2.97. The second kappa shape index (κ2) is 9.60. The Morgan fingerprint density at radius 3 is 2.34 bits per heavy atom. The fourth-order valence-electron chi connectivity index (χ4n) is 5.52. The molecule has 1 heterocycles. The molecule has 1 aliphatic heterocycles. The normalized spacial score (nSPS) is 25.9. The van der Waals surface area contributed by atoms with Crippen molar-refractivity contribution in [2.45, 2.75) is 12.8 Å². The van der Waals surface area contributed by atoms with Crippen molar-refractivity contribution >= 4 is 52.5 Å². The van der Waals surface area contributed by atoms with Crippen molar-refractivity contribution in [3.8, 4) is 0 Å². The summed E-state index contributed by atoms with van der Waals surface area (Å²) < 4.78 is 0. The summed E-state index contributed by atoms with van der Waals surface area (Å²) in [4.78, 5) is 31.3. The summed E-state index contributed by atoms with van der Waals surface area (Å²) >= 11 is 0. The first kappa shape index (κ1) is 22.8. The van der Waals surface area contributed by atoms with E-state index in [-0.39, 0.29) is 59.5 Å². The number of aliphatic imine (C=N–C) groups is 1. The quantitative estimate of drug-likeness (QED) is 0.193. The number of guanidine groups is 1. The first-order valence-corrected chi connectivity index (χ1v) is 11.1. The minimum absolute atomic E-state index is 0. The van der Waals surface area contributed by atoms with Gasteiger partial charge in [-0.2, -0.15) is 0 Å². The summed E-state index contributed by atoms with van der Waals surface area (Å²) in [5, 5.41) is 9.10. The molecule has 5 rings (SSSR count). The molecule has 2 aromatic rings. The largest absolute Gasteiger partial charge is 0.356 e. The van der Waals surface area contributed by atoms with E-state index >= 15 is 0 Å². The molecule has 2 N–H and O–H groups in total. The van der Waals surface area contributed by atoms with Crippen LogP contribution in [0.4, 0.5) is 0 Å². The predicted molar refractivity (Wildman–Crippen MR) is 137 cm³/mol. The SMILES string of the molecule is CN=C(NCCc1cccc2ccccc12)NCCN1C(=O)C2C3C=CC(C3)C2C1=O.I. The van der Waals surface area contributed by atoms with Crippen molar-refractivity contribution < 1.29 is 9.59 Å². The highest BCUT2D eigenvalue weighted by atomic mass is 127. The number of imide groups is 1. The number of rotatable bonds is 6. The lowest BCUT2D eigenvalue weighted by atomic mass is 9.85. The highest BCUT2D eigenvalue weighted by Gasteiger charge is 2.58. The Balaban J connectivity index is 0.00000245. The molecular formula is C25H29IN4O2. The van der Waals surface area contributed by atoms with Gasteiger partial charge in [0.15, 0.2) is 5.96 Å². The third-order valence-electron chi connectivity index (χ3n) is 6.98. The van der Waals surface area contributed by atoms with Gasteiger partial charge < -0.3 is 10.6 Å². The van der Waals surface area contributed by atoms with E-state index in [4.69, 9.17) is 0 Å². The van der Waals surface area contributed by atoms with Crippen molar-refractivity contribution in [1.29, 1.82) is 0 Å². The van der Waals surface area contributed by atoms with Gasteiger partial charge >= 0.3 is 0 Å². The smallest absolute Gasteiger partial charge is 0.233 e. The maximum absolute atomic E-state index is 12.8. The van der Waals surface area contributed by atoms with Crippen LogP contribution in [-0.4, -0.2) is 49.4 Å². The van der Waals surface area contributed by atoms with Crippen LogP contribution in [0.1, 0.15) is 12.0 Å². The summed E-state index contributed by atoms with van der Waals surface area (Å²) in [6, 6.07) is 14.8. The number of carbonyl (C=O) groups is 2. The van der Waals surface area contributed by atoms with E-state index in [0.717, 1.165) is 19.4 Å². The van der Waals surface area contributed by atoms with Gasteiger partial charge in [0.2, 0.25) is 11.8 Å². The Morgan fingerprint density at radius 1 is 0.969 bits per heavy atom. The number of allylic oxidation sites excluding steroid dienone is 2. The Kier molecular flexibility index (Phi) is 6.83. The Morgan fingerprint density at radius 2 is 1.62 bits per heavy atom. The second-order valence-corrected chi connectivity index (χ2v) is 8.64. The number of benzene rings is 2. The van der Waals surface area contributed by atoms with Gasteiger partial charge in [-0.25, -0.2) is 0 Å². The molecule has 32 heavy (non-hydrogen) atoms. The second-order valence-electron chi connectivity index (χ2n) is 8.64. The minimum Gasteiger partial charge on any atom is -0.356 e. The fourth-order valence-corrected chi connectivity index (χ4v) is 5.52. The molecule has 4 unspecified atom stereocenters. The van der Waals surface area contributed by atoms with Gasteiger partial charge in [0.1, 0.15) is 0 Å². The van der Waals surface area contributed by atoms with Crippen molar-refractivity contribution in [2.24, 2.45) is 28.7 Å². The highest BCUT2D eigenvalue weighted by molar-refractivity contribution is 14.0. The summed E-state index contributed by atoms with van der Waals surface area (Å²) in [7, 11) is 1.73. The van der Waals surface area contributed by atoms with Gasteiger partial charge in [-0.1, -0.05) is 54.6 Å². The fraction of sp³-hybridized carbons (Fsp3) is 0.400. The van der Waals surface area contributed by atoms with Crippen molar-refractivity contribution in [3.63, 3.8) is 0 Å². The van der Waals surface area contributed by atoms with E-state index in [9.17, 15) is 9.59 Å². The summed E-state index contributed by atoms with van der Waals surface area (Å²) in [5.74, 6) is 0.962. The zero-order valence-corrected chi connectivity index (χ0v) is 20.5. The summed E-state index contributed by atoms with van der Waals surface area (Å²) in [6.07, 6.45) is 6.09. The van der Waals surface area contributed by atoms with Gasteiger partial charge in [-0.15, -0.1) is 24.0 Å². The maximum Gasteiger partial charge on any atom is 0.233 e. The molecule has 1 saturated carbocycles. The molecule has 2 fully saturated rings. The number of hydrogen-bond donors (Lipinski definition) is 2. The van der Waals surface area contributed by atoms with Crippen molar-refractivity contribution in [2.75, 3.05) is 26.7 Å². The van der Waals surface area contributed by atoms with Crippen LogP contribution in [0.2, 0.25) is 0 Å². The van der Waals surface area contributed by atoms with E-state index in [1.807, 2.05) is 0 Å². The van der Waals surface area contributed by atoms with Crippen LogP contribution in [0.5, 0.6) is 0 Å². The highest BCUT2D eigenvalue weighted by Crippen LogP contribution is 2.52. The van der Waals surface area contributed by atoms with Crippen LogP contribution in [0.15, 0.2) is 59.6 Å². The van der Waals surface area contributed by atoms with Crippen LogP contribution in [0.3, 0.4) is 0 Å². The molecular weight excluding hydrogens is 515 g/mol. The number of hydrogen-bond acceptors (Lipinski definition) is 3. The molecule has 0 spiro atoms. The van der Waals surface area contributed by atoms with Gasteiger partial charge in [0.25, 0.3) is 0 Å². The lowest BCUT2D eigenvalue weighted by molar-refractivity contribution is -0.140. The van der Waals surface area contributed by atoms with Gasteiger partial charge in [0.05, 0.1) is 11.8 Å². The molecule has 6 nitrogen and oxygen atoms in total. The molecule has 1 saturated heterocycles. The molecule has 4 atom stereocenters. The minimum atomic E-state index is -0.124. The first-order chi connectivity index (χ1) is 15.2. The van der Waals surface area contributed by atoms with Crippen LogP contribution in [0.25, 0.3) is 10.8 Å². The molecule has 2 amide bonds. The molecule has 2 bridgehead atoms. The Bertz CT molecular complexity index is 1050. The summed E-state index contributed by atoms with van der Waals surface area (Å²) in [5.41, 5.74) is 1.30.